The van der Waals surface area contributed by atoms with Crippen LogP contribution in [-0.2, 0) is 0 Å². The molecule has 2 aliphatic rings. The van der Waals surface area contributed by atoms with Crippen molar-refractivity contribution in [2.45, 2.75) is 5.92 Å². The summed E-state index contributed by atoms with van der Waals surface area (Å²) in [6.07, 6.45) is 0. The smallest absolute Gasteiger partial charge is 0.229 e. The molecule has 1 atom stereocenters. The van der Waals surface area contributed by atoms with Crippen molar-refractivity contribution < 1.29 is 14.3 Å². The Hall–Kier alpha value is -4.50. The highest BCUT2D eigenvalue weighted by atomic mass is 16.5. The molecule has 0 saturated carbocycles. The first-order valence-electron chi connectivity index (χ1n) is 11.3. The molecule has 0 spiro atoms. The van der Waals surface area contributed by atoms with Gasteiger partial charge in [-0.15, -0.1) is 0 Å². The monoisotopic (exact) mass is 438 g/mol. The summed E-state index contributed by atoms with van der Waals surface area (Å²) >= 11 is 0. The van der Waals surface area contributed by atoms with Crippen LogP contribution in [0, 0.1) is 0 Å². The lowest BCUT2D eigenvalue weighted by atomic mass is 9.73. The summed E-state index contributed by atoms with van der Waals surface area (Å²) in [5.74, 6) is -0.0446. The van der Waals surface area contributed by atoms with Gasteiger partial charge in [0.1, 0.15) is 5.75 Å². The van der Waals surface area contributed by atoms with Gasteiger partial charge in [-0.25, -0.2) is 0 Å². The van der Waals surface area contributed by atoms with E-state index in [-0.39, 0.29) is 17.3 Å². The summed E-state index contributed by atoms with van der Waals surface area (Å²) in [6, 6.07) is 33.5. The van der Waals surface area contributed by atoms with Crippen LogP contribution in [0.25, 0.3) is 21.5 Å². The van der Waals surface area contributed by atoms with Gasteiger partial charge in [0, 0.05) is 22.6 Å². The molecule has 0 fully saturated rings. The quantitative estimate of drug-likeness (QED) is 0.287. The lowest BCUT2D eigenvalue weighted by Crippen LogP contribution is -2.31. The number of hydrogen-bond acceptors (Lipinski definition) is 3. The van der Waals surface area contributed by atoms with Gasteiger partial charge < -0.3 is 4.74 Å². The fraction of sp³-hybridized carbons (Fsp3) is 0.0323. The van der Waals surface area contributed by atoms with E-state index in [9.17, 15) is 9.59 Å². The maximum atomic E-state index is 13.9. The van der Waals surface area contributed by atoms with Crippen molar-refractivity contribution in [3.8, 4) is 5.75 Å². The lowest BCUT2D eigenvalue weighted by Gasteiger charge is -2.33. The third-order valence-corrected chi connectivity index (χ3v) is 6.94. The molecule has 3 nitrogen and oxygen atoms in total. The van der Waals surface area contributed by atoms with Crippen LogP contribution in [0.1, 0.15) is 37.8 Å². The second-order valence-corrected chi connectivity index (χ2v) is 8.79. The number of hydrogen-bond donors (Lipinski definition) is 0. The first-order valence-corrected chi connectivity index (χ1v) is 11.3. The van der Waals surface area contributed by atoms with Crippen molar-refractivity contribution in [2.24, 2.45) is 0 Å². The average Bonchev–Trinajstić information content (AvgIpc) is 2.90. The van der Waals surface area contributed by atoms with E-state index < -0.39 is 5.92 Å². The third-order valence-electron chi connectivity index (χ3n) is 6.94. The number of fused-ring (bicyclic) bond motifs is 5. The molecule has 0 radical (unpaired) electrons. The van der Waals surface area contributed by atoms with Crippen molar-refractivity contribution >= 4 is 33.1 Å². The molecule has 0 aromatic heterocycles. The van der Waals surface area contributed by atoms with Crippen molar-refractivity contribution in [3.63, 3.8) is 0 Å². The Kier molecular flexibility index (Phi) is 3.91. The van der Waals surface area contributed by atoms with Crippen LogP contribution in [-0.4, -0.2) is 11.6 Å². The van der Waals surface area contributed by atoms with E-state index in [1.807, 2.05) is 36.4 Å². The molecule has 7 rings (SSSR count). The Balaban J connectivity index is 1.57. The molecule has 160 valence electrons. The van der Waals surface area contributed by atoms with E-state index in [4.69, 9.17) is 4.74 Å². The second-order valence-electron chi connectivity index (χ2n) is 8.79. The Bertz CT molecular complexity index is 1720. The summed E-state index contributed by atoms with van der Waals surface area (Å²) in [5.41, 5.74) is 3.14. The topological polar surface area (TPSA) is 43.4 Å². The van der Waals surface area contributed by atoms with E-state index >= 15 is 0 Å². The molecular formula is C31H18O3. The highest BCUT2D eigenvalue weighted by Gasteiger charge is 2.43. The predicted molar refractivity (Wildman–Crippen MR) is 132 cm³/mol. The van der Waals surface area contributed by atoms with Gasteiger partial charge in [0.05, 0.1) is 5.57 Å². The van der Waals surface area contributed by atoms with Gasteiger partial charge in [0.25, 0.3) is 0 Å². The van der Waals surface area contributed by atoms with Gasteiger partial charge in [0.15, 0.2) is 11.5 Å². The van der Waals surface area contributed by atoms with Crippen LogP contribution in [0.3, 0.4) is 0 Å². The summed E-state index contributed by atoms with van der Waals surface area (Å²) < 4.78 is 6.23. The number of carbonyl (C=O) groups is 2. The zero-order valence-electron chi connectivity index (χ0n) is 18.1. The average molecular weight is 438 g/mol. The highest BCUT2D eigenvalue weighted by molar-refractivity contribution is 6.27. The molecule has 3 heteroatoms. The SMILES string of the molecule is O=C1C2=C(C(=O)c3ccccc31)C(c1ccc3ccccc3c1)c1c(ccc3ccccc13)O2. The van der Waals surface area contributed by atoms with Crippen LogP contribution in [0.15, 0.2) is 114 Å². The lowest BCUT2D eigenvalue weighted by molar-refractivity contribution is 0.0927. The van der Waals surface area contributed by atoms with Crippen molar-refractivity contribution in [1.29, 1.82) is 0 Å². The Labute approximate surface area is 195 Å². The number of Topliss-reactive ketones (excluding diaryl/α,β-unsaturated/α-hetero) is 2. The number of benzene rings is 5. The molecule has 34 heavy (non-hydrogen) atoms. The Morgan fingerprint density at radius 2 is 1.24 bits per heavy atom. The van der Waals surface area contributed by atoms with Crippen LogP contribution < -0.4 is 4.74 Å². The van der Waals surface area contributed by atoms with E-state index in [1.165, 1.54) is 0 Å². The van der Waals surface area contributed by atoms with Crippen molar-refractivity contribution in [2.75, 3.05) is 0 Å². The summed E-state index contributed by atoms with van der Waals surface area (Å²) in [5, 5.41) is 4.30. The third kappa shape index (κ3) is 2.58. The van der Waals surface area contributed by atoms with Gasteiger partial charge in [0.2, 0.25) is 5.78 Å². The predicted octanol–water partition coefficient (Wildman–Crippen LogP) is 6.85. The minimum absolute atomic E-state index is 0.143. The Morgan fingerprint density at radius 1 is 0.588 bits per heavy atom. The molecule has 1 unspecified atom stereocenters. The van der Waals surface area contributed by atoms with Gasteiger partial charge in [-0.05, 0) is 33.2 Å². The summed E-state index contributed by atoms with van der Waals surface area (Å²) in [4.78, 5) is 27.4. The van der Waals surface area contributed by atoms with Gasteiger partial charge in [-0.2, -0.15) is 0 Å². The first-order chi connectivity index (χ1) is 16.7. The number of carbonyl (C=O) groups excluding carboxylic acids is 2. The summed E-state index contributed by atoms with van der Waals surface area (Å²) in [7, 11) is 0. The first kappa shape index (κ1) is 19.0. The number of ketones is 2. The maximum Gasteiger partial charge on any atom is 0.229 e. The number of rotatable bonds is 1. The minimum atomic E-state index is -0.417. The van der Waals surface area contributed by atoms with E-state index in [1.54, 1.807) is 24.3 Å². The van der Waals surface area contributed by atoms with Crippen molar-refractivity contribution in [3.05, 3.63) is 137 Å². The molecule has 5 aromatic carbocycles. The molecule has 1 heterocycles. The summed E-state index contributed by atoms with van der Waals surface area (Å²) in [6.45, 7) is 0. The van der Waals surface area contributed by atoms with Crippen LogP contribution in [0.4, 0.5) is 0 Å². The van der Waals surface area contributed by atoms with E-state index in [0.29, 0.717) is 22.4 Å². The molecule has 1 aliphatic carbocycles. The molecular weight excluding hydrogens is 420 g/mol. The molecule has 0 amide bonds. The normalized spacial score (nSPS) is 16.8. The highest BCUT2D eigenvalue weighted by Crippen LogP contribution is 2.49. The largest absolute Gasteiger partial charge is 0.452 e. The molecule has 1 aliphatic heterocycles. The van der Waals surface area contributed by atoms with Crippen molar-refractivity contribution in [1.82, 2.24) is 0 Å². The Morgan fingerprint density at radius 3 is 2.06 bits per heavy atom. The second kappa shape index (κ2) is 7.00. The molecule has 0 saturated heterocycles. The number of ether oxygens (including phenoxy) is 1. The zero-order valence-corrected chi connectivity index (χ0v) is 18.1. The maximum absolute atomic E-state index is 13.9. The van der Waals surface area contributed by atoms with Crippen LogP contribution in [0.5, 0.6) is 5.75 Å². The van der Waals surface area contributed by atoms with E-state index in [0.717, 1.165) is 32.7 Å². The molecule has 0 bridgehead atoms. The van der Waals surface area contributed by atoms with Gasteiger partial charge in [-0.3, -0.25) is 9.59 Å². The standard InChI is InChI=1S/C31H18O3/c32-29-23-11-5-6-12-24(23)30(33)31-28(29)26(21-14-13-18-7-1-2-9-20(18)17-21)27-22-10-4-3-8-19(22)15-16-25(27)34-31/h1-17,26H. The van der Waals surface area contributed by atoms with Crippen LogP contribution in [0.2, 0.25) is 0 Å². The van der Waals surface area contributed by atoms with Gasteiger partial charge >= 0.3 is 0 Å². The minimum Gasteiger partial charge on any atom is -0.452 e. The fourth-order valence-corrected chi connectivity index (χ4v) is 5.37. The zero-order chi connectivity index (χ0) is 22.8. The molecule has 5 aromatic rings. The fourth-order valence-electron chi connectivity index (χ4n) is 5.37. The molecule has 0 N–H and O–H groups in total. The van der Waals surface area contributed by atoms with Gasteiger partial charge in [-0.1, -0.05) is 97.1 Å². The van der Waals surface area contributed by atoms with E-state index in [2.05, 4.69) is 42.5 Å². The number of allylic oxidation sites excluding steroid dienone is 2. The van der Waals surface area contributed by atoms with Crippen LogP contribution >= 0.6 is 0 Å².